The van der Waals surface area contributed by atoms with E-state index in [-0.39, 0.29) is 11.7 Å². The summed E-state index contributed by atoms with van der Waals surface area (Å²) in [6.45, 7) is 4.59. The Labute approximate surface area is 109 Å². The highest BCUT2D eigenvalue weighted by molar-refractivity contribution is 5.19. The molecular formula is C16H23FO. The van der Waals surface area contributed by atoms with Gasteiger partial charge in [-0.2, -0.15) is 0 Å². The summed E-state index contributed by atoms with van der Waals surface area (Å²) in [6, 6.07) is 6.38. The third-order valence-corrected chi connectivity index (χ3v) is 4.26. The fraction of sp³-hybridized carbons (Fsp3) is 0.625. The first-order valence-electron chi connectivity index (χ1n) is 6.91. The van der Waals surface area contributed by atoms with E-state index in [0.29, 0.717) is 5.41 Å². The van der Waals surface area contributed by atoms with Crippen LogP contribution >= 0.6 is 0 Å². The van der Waals surface area contributed by atoms with Gasteiger partial charge in [-0.3, -0.25) is 0 Å². The average Bonchev–Trinajstić information content (AvgIpc) is 2.49. The zero-order valence-corrected chi connectivity index (χ0v) is 11.3. The van der Waals surface area contributed by atoms with Crippen LogP contribution in [0, 0.1) is 17.2 Å². The molecule has 1 N–H and O–H groups in total. The maximum absolute atomic E-state index is 13.2. The first-order valence-corrected chi connectivity index (χ1v) is 6.91. The van der Waals surface area contributed by atoms with E-state index in [1.165, 1.54) is 18.6 Å². The fourth-order valence-corrected chi connectivity index (χ4v) is 2.97. The van der Waals surface area contributed by atoms with Gasteiger partial charge in [0, 0.05) is 0 Å². The van der Waals surface area contributed by atoms with Crippen LogP contribution in [-0.2, 0) is 0 Å². The van der Waals surface area contributed by atoms with E-state index in [9.17, 15) is 9.50 Å². The molecule has 0 bridgehead atoms. The minimum atomic E-state index is -0.519. The van der Waals surface area contributed by atoms with Gasteiger partial charge in [0.15, 0.2) is 0 Å². The standard InChI is InChI=1S/C16H23FO/c1-16(2)9-4-6-12(8-10-16)15(18)13-5-3-7-14(17)11-13/h3,5,7,11-12,15,18H,4,6,8-10H2,1-2H3/t12?,15-/m0/s1. The van der Waals surface area contributed by atoms with Gasteiger partial charge >= 0.3 is 0 Å². The van der Waals surface area contributed by atoms with E-state index >= 15 is 0 Å². The van der Waals surface area contributed by atoms with Crippen molar-refractivity contribution in [1.29, 1.82) is 0 Å². The van der Waals surface area contributed by atoms with Crippen LogP contribution in [0.4, 0.5) is 4.39 Å². The SMILES string of the molecule is CC1(C)CCCC([C@H](O)c2cccc(F)c2)CC1. The summed E-state index contributed by atoms with van der Waals surface area (Å²) in [7, 11) is 0. The molecular weight excluding hydrogens is 227 g/mol. The maximum atomic E-state index is 13.2. The van der Waals surface area contributed by atoms with Crippen LogP contribution in [0.25, 0.3) is 0 Å². The summed E-state index contributed by atoms with van der Waals surface area (Å²) < 4.78 is 13.2. The Morgan fingerprint density at radius 3 is 2.78 bits per heavy atom. The van der Waals surface area contributed by atoms with E-state index in [0.717, 1.165) is 31.2 Å². The molecule has 0 amide bonds. The van der Waals surface area contributed by atoms with Crippen LogP contribution in [0.3, 0.4) is 0 Å². The number of hydrogen-bond donors (Lipinski definition) is 1. The number of rotatable bonds is 2. The lowest BCUT2D eigenvalue weighted by Gasteiger charge is -2.24. The molecule has 0 saturated heterocycles. The number of aliphatic hydroxyl groups is 1. The summed E-state index contributed by atoms with van der Waals surface area (Å²) in [5.41, 5.74) is 1.11. The van der Waals surface area contributed by atoms with Crippen LogP contribution in [0.1, 0.15) is 57.6 Å². The predicted octanol–water partition coefficient (Wildman–Crippen LogP) is 4.47. The Hall–Kier alpha value is -0.890. The number of benzene rings is 1. The molecule has 1 aliphatic rings. The lowest BCUT2D eigenvalue weighted by atomic mass is 9.84. The summed E-state index contributed by atoms with van der Waals surface area (Å²) >= 11 is 0. The molecule has 1 aromatic rings. The Morgan fingerprint density at radius 2 is 2.06 bits per heavy atom. The molecule has 1 unspecified atom stereocenters. The molecule has 0 radical (unpaired) electrons. The molecule has 2 heteroatoms. The van der Waals surface area contributed by atoms with Crippen molar-refractivity contribution in [2.24, 2.45) is 11.3 Å². The Kier molecular flexibility index (Phi) is 4.06. The lowest BCUT2D eigenvalue weighted by molar-refractivity contribution is 0.0965. The number of aliphatic hydroxyl groups excluding tert-OH is 1. The van der Waals surface area contributed by atoms with Crippen molar-refractivity contribution in [1.82, 2.24) is 0 Å². The molecule has 0 aliphatic heterocycles. The van der Waals surface area contributed by atoms with Crippen molar-refractivity contribution in [2.75, 3.05) is 0 Å². The molecule has 2 rings (SSSR count). The molecule has 0 heterocycles. The number of hydrogen-bond acceptors (Lipinski definition) is 1. The maximum Gasteiger partial charge on any atom is 0.123 e. The summed E-state index contributed by atoms with van der Waals surface area (Å²) in [4.78, 5) is 0. The lowest BCUT2D eigenvalue weighted by Crippen LogP contribution is -2.13. The van der Waals surface area contributed by atoms with Gasteiger partial charge in [0.25, 0.3) is 0 Å². The topological polar surface area (TPSA) is 20.2 Å². The predicted molar refractivity (Wildman–Crippen MR) is 71.7 cm³/mol. The number of halogens is 1. The monoisotopic (exact) mass is 250 g/mol. The molecule has 1 fully saturated rings. The van der Waals surface area contributed by atoms with Crippen molar-refractivity contribution in [3.8, 4) is 0 Å². The van der Waals surface area contributed by atoms with Crippen molar-refractivity contribution >= 4 is 0 Å². The smallest absolute Gasteiger partial charge is 0.123 e. The van der Waals surface area contributed by atoms with Crippen molar-refractivity contribution in [3.05, 3.63) is 35.6 Å². The van der Waals surface area contributed by atoms with Gasteiger partial charge < -0.3 is 5.11 Å². The molecule has 0 spiro atoms. The van der Waals surface area contributed by atoms with Gasteiger partial charge in [0.1, 0.15) is 5.82 Å². The Balaban J connectivity index is 2.07. The van der Waals surface area contributed by atoms with Gasteiger partial charge in [0.05, 0.1) is 6.10 Å². The van der Waals surface area contributed by atoms with E-state index in [1.807, 2.05) is 6.07 Å². The first kappa shape index (κ1) is 13.5. The van der Waals surface area contributed by atoms with Gasteiger partial charge in [-0.1, -0.05) is 32.4 Å². The van der Waals surface area contributed by atoms with E-state index in [1.54, 1.807) is 6.07 Å². The molecule has 1 aliphatic carbocycles. The second-order valence-corrected chi connectivity index (χ2v) is 6.36. The molecule has 0 aromatic heterocycles. The van der Waals surface area contributed by atoms with Gasteiger partial charge in [-0.15, -0.1) is 0 Å². The summed E-state index contributed by atoms with van der Waals surface area (Å²) in [5.74, 6) is 0.00840. The Morgan fingerprint density at radius 1 is 1.28 bits per heavy atom. The van der Waals surface area contributed by atoms with Gasteiger partial charge in [-0.05, 0) is 54.7 Å². The zero-order chi connectivity index (χ0) is 13.2. The van der Waals surface area contributed by atoms with Gasteiger partial charge in [-0.25, -0.2) is 4.39 Å². The van der Waals surface area contributed by atoms with Crippen LogP contribution in [-0.4, -0.2) is 5.11 Å². The minimum Gasteiger partial charge on any atom is -0.388 e. The summed E-state index contributed by atoms with van der Waals surface area (Å²) in [5, 5.41) is 10.4. The highest BCUT2D eigenvalue weighted by atomic mass is 19.1. The second-order valence-electron chi connectivity index (χ2n) is 6.36. The quantitative estimate of drug-likeness (QED) is 0.768. The van der Waals surface area contributed by atoms with Crippen LogP contribution in [0.2, 0.25) is 0 Å². The van der Waals surface area contributed by atoms with Crippen molar-refractivity contribution < 1.29 is 9.50 Å². The van der Waals surface area contributed by atoms with Crippen LogP contribution in [0.5, 0.6) is 0 Å². The Bertz CT molecular complexity index is 400. The molecule has 1 nitrogen and oxygen atoms in total. The first-order chi connectivity index (χ1) is 8.48. The van der Waals surface area contributed by atoms with E-state index in [4.69, 9.17) is 0 Å². The van der Waals surface area contributed by atoms with Crippen molar-refractivity contribution in [2.45, 2.75) is 52.1 Å². The highest BCUT2D eigenvalue weighted by Gasteiger charge is 2.28. The second kappa shape index (κ2) is 5.40. The largest absolute Gasteiger partial charge is 0.388 e. The van der Waals surface area contributed by atoms with Crippen LogP contribution < -0.4 is 0 Å². The molecule has 1 aromatic carbocycles. The van der Waals surface area contributed by atoms with Gasteiger partial charge in [0.2, 0.25) is 0 Å². The van der Waals surface area contributed by atoms with E-state index in [2.05, 4.69) is 13.8 Å². The zero-order valence-electron chi connectivity index (χ0n) is 11.3. The normalized spacial score (nSPS) is 25.4. The fourth-order valence-electron chi connectivity index (χ4n) is 2.97. The summed E-state index contributed by atoms with van der Waals surface area (Å²) in [6.07, 6.45) is 5.08. The average molecular weight is 250 g/mol. The molecule has 2 atom stereocenters. The van der Waals surface area contributed by atoms with Crippen LogP contribution in [0.15, 0.2) is 24.3 Å². The minimum absolute atomic E-state index is 0.263. The molecule has 1 saturated carbocycles. The molecule has 100 valence electrons. The van der Waals surface area contributed by atoms with Crippen molar-refractivity contribution in [3.63, 3.8) is 0 Å². The van der Waals surface area contributed by atoms with E-state index < -0.39 is 6.10 Å². The molecule has 18 heavy (non-hydrogen) atoms. The third kappa shape index (κ3) is 3.32. The highest BCUT2D eigenvalue weighted by Crippen LogP contribution is 2.40. The third-order valence-electron chi connectivity index (χ3n) is 4.26.